The molecule has 0 saturated carbocycles. The van der Waals surface area contributed by atoms with Gasteiger partial charge in [-0.15, -0.1) is 0 Å². The van der Waals surface area contributed by atoms with Crippen molar-refractivity contribution in [3.05, 3.63) is 143 Å². The molecule has 0 atom stereocenters. The Bertz CT molecular complexity index is 2280. The summed E-state index contributed by atoms with van der Waals surface area (Å²) < 4.78 is 8.17. The molecule has 4 nitrogen and oxygen atoms in total. The summed E-state index contributed by atoms with van der Waals surface area (Å²) >= 11 is 0. The zero-order valence-electron chi connectivity index (χ0n) is 21.0. The molecule has 0 aliphatic carbocycles. The van der Waals surface area contributed by atoms with Crippen LogP contribution in [0.2, 0.25) is 0 Å². The Kier molecular flexibility index (Phi) is 4.70. The van der Waals surface area contributed by atoms with Gasteiger partial charge in [-0.05, 0) is 64.5 Å². The van der Waals surface area contributed by atoms with Gasteiger partial charge in [0.2, 0.25) is 5.43 Å². The van der Waals surface area contributed by atoms with Crippen molar-refractivity contribution in [2.24, 2.45) is 0 Å². The fourth-order valence-electron chi connectivity index (χ4n) is 5.82. The molecular weight excluding hydrogens is 480 g/mol. The van der Waals surface area contributed by atoms with Crippen molar-refractivity contribution in [3.8, 4) is 11.1 Å². The van der Waals surface area contributed by atoms with Crippen molar-refractivity contribution in [3.63, 3.8) is 0 Å². The molecule has 0 saturated heterocycles. The molecule has 39 heavy (non-hydrogen) atoms. The highest BCUT2D eigenvalue weighted by Gasteiger charge is 2.16. The average Bonchev–Trinajstić information content (AvgIpc) is 3.53. The molecule has 0 aliphatic rings. The second-order valence-corrected chi connectivity index (χ2v) is 9.97. The third-order valence-electron chi connectivity index (χ3n) is 7.60. The van der Waals surface area contributed by atoms with Crippen LogP contribution in [0.1, 0.15) is 11.1 Å². The van der Waals surface area contributed by atoms with Crippen molar-refractivity contribution >= 4 is 49.5 Å². The van der Waals surface area contributed by atoms with Crippen LogP contribution >= 0.6 is 0 Å². The minimum Gasteiger partial charge on any atom is -0.456 e. The lowest BCUT2D eigenvalue weighted by Crippen LogP contribution is -2.08. The molecular formula is C35H22N2O2. The van der Waals surface area contributed by atoms with Gasteiger partial charge in [-0.2, -0.15) is 0 Å². The molecule has 5 aromatic carbocycles. The van der Waals surface area contributed by atoms with E-state index in [0.717, 1.165) is 66.1 Å². The molecule has 184 valence electrons. The van der Waals surface area contributed by atoms with E-state index in [1.165, 1.54) is 0 Å². The SMILES string of the molecule is O=c1c(Cc2ccccc2)cc2cc(-c3cccc4oc5ccccc5c34)ccc2n2c1nc1ccccc12. The molecule has 0 aliphatic heterocycles. The summed E-state index contributed by atoms with van der Waals surface area (Å²) in [5, 5.41) is 3.18. The lowest BCUT2D eigenvalue weighted by atomic mass is 9.97. The smallest absolute Gasteiger partial charge is 0.225 e. The van der Waals surface area contributed by atoms with Gasteiger partial charge in [-0.25, -0.2) is 4.98 Å². The molecule has 0 amide bonds. The van der Waals surface area contributed by atoms with Crippen molar-refractivity contribution < 1.29 is 4.42 Å². The summed E-state index contributed by atoms with van der Waals surface area (Å²) in [6, 6.07) is 40.9. The first-order valence-corrected chi connectivity index (χ1v) is 13.1. The summed E-state index contributed by atoms with van der Waals surface area (Å²) in [4.78, 5) is 18.8. The Morgan fingerprint density at radius 3 is 2.41 bits per heavy atom. The number of nitrogens with zero attached hydrogens (tertiary/aromatic N) is 2. The van der Waals surface area contributed by atoms with Gasteiger partial charge in [-0.1, -0.05) is 78.9 Å². The first-order valence-electron chi connectivity index (χ1n) is 13.1. The minimum atomic E-state index is -0.0456. The predicted octanol–water partition coefficient (Wildman–Crippen LogP) is 8.16. The van der Waals surface area contributed by atoms with Gasteiger partial charge in [0.1, 0.15) is 11.2 Å². The molecule has 3 aromatic heterocycles. The molecule has 8 aromatic rings. The Labute approximate surface area is 223 Å². The monoisotopic (exact) mass is 502 g/mol. The highest BCUT2D eigenvalue weighted by Crippen LogP contribution is 2.37. The lowest BCUT2D eigenvalue weighted by molar-refractivity contribution is 0.669. The maximum Gasteiger partial charge on any atom is 0.225 e. The van der Waals surface area contributed by atoms with Crippen LogP contribution < -0.4 is 5.43 Å². The zero-order chi connectivity index (χ0) is 25.9. The van der Waals surface area contributed by atoms with Gasteiger partial charge in [0, 0.05) is 22.8 Å². The molecule has 0 spiro atoms. The first-order chi connectivity index (χ1) is 19.2. The summed E-state index contributed by atoms with van der Waals surface area (Å²) in [7, 11) is 0. The highest BCUT2D eigenvalue weighted by molar-refractivity contribution is 6.12. The van der Waals surface area contributed by atoms with E-state index in [1.807, 2.05) is 83.3 Å². The third-order valence-corrected chi connectivity index (χ3v) is 7.60. The van der Waals surface area contributed by atoms with Crippen molar-refractivity contribution in [1.29, 1.82) is 0 Å². The predicted molar refractivity (Wildman–Crippen MR) is 158 cm³/mol. The first kappa shape index (κ1) is 21.8. The summed E-state index contributed by atoms with van der Waals surface area (Å²) in [6.07, 6.45) is 0.536. The van der Waals surface area contributed by atoms with Crippen LogP contribution in [0.25, 0.3) is 60.6 Å². The van der Waals surface area contributed by atoms with E-state index in [1.54, 1.807) is 0 Å². The zero-order valence-corrected chi connectivity index (χ0v) is 21.0. The molecule has 0 N–H and O–H groups in total. The summed E-state index contributed by atoms with van der Waals surface area (Å²) in [6.45, 7) is 0. The fourth-order valence-corrected chi connectivity index (χ4v) is 5.82. The second kappa shape index (κ2) is 8.40. The summed E-state index contributed by atoms with van der Waals surface area (Å²) in [5.74, 6) is 0. The van der Waals surface area contributed by atoms with Gasteiger partial charge in [0.05, 0.1) is 16.6 Å². The molecule has 0 radical (unpaired) electrons. The lowest BCUT2D eigenvalue weighted by Gasteiger charge is -2.06. The van der Waals surface area contributed by atoms with E-state index < -0.39 is 0 Å². The Balaban J connectivity index is 1.46. The minimum absolute atomic E-state index is 0.0456. The Morgan fingerprint density at radius 2 is 1.49 bits per heavy atom. The summed E-state index contributed by atoms with van der Waals surface area (Å²) in [5.41, 5.74) is 8.81. The van der Waals surface area contributed by atoms with E-state index in [9.17, 15) is 4.79 Å². The maximum absolute atomic E-state index is 14.0. The van der Waals surface area contributed by atoms with Crippen molar-refractivity contribution in [2.75, 3.05) is 0 Å². The number of hydrogen-bond donors (Lipinski definition) is 0. The Morgan fingerprint density at radius 1 is 0.692 bits per heavy atom. The molecule has 0 unspecified atom stereocenters. The number of fused-ring (bicyclic) bond motifs is 8. The van der Waals surface area contributed by atoms with E-state index >= 15 is 0 Å². The number of furan rings is 1. The molecule has 4 heteroatoms. The van der Waals surface area contributed by atoms with Crippen LogP contribution in [0.5, 0.6) is 0 Å². The highest BCUT2D eigenvalue weighted by atomic mass is 16.3. The van der Waals surface area contributed by atoms with Crippen molar-refractivity contribution in [2.45, 2.75) is 6.42 Å². The van der Waals surface area contributed by atoms with Crippen molar-refractivity contribution in [1.82, 2.24) is 9.38 Å². The topological polar surface area (TPSA) is 47.5 Å². The quantitative estimate of drug-likeness (QED) is 0.245. The van der Waals surface area contributed by atoms with Gasteiger partial charge < -0.3 is 4.42 Å². The number of para-hydroxylation sites is 3. The van der Waals surface area contributed by atoms with Crippen LogP contribution in [0, 0.1) is 0 Å². The van der Waals surface area contributed by atoms with Crippen LogP contribution in [-0.2, 0) is 6.42 Å². The number of imidazole rings is 1. The van der Waals surface area contributed by atoms with Gasteiger partial charge in [-0.3, -0.25) is 9.20 Å². The van der Waals surface area contributed by atoms with Crippen LogP contribution in [0.3, 0.4) is 0 Å². The molecule has 0 fully saturated rings. The average molecular weight is 503 g/mol. The van der Waals surface area contributed by atoms with Crippen LogP contribution in [0.4, 0.5) is 0 Å². The molecule has 0 bridgehead atoms. The van der Waals surface area contributed by atoms with Gasteiger partial charge >= 0.3 is 0 Å². The largest absolute Gasteiger partial charge is 0.456 e. The van der Waals surface area contributed by atoms with Gasteiger partial charge in [0.25, 0.3) is 0 Å². The maximum atomic E-state index is 14.0. The fraction of sp³-hybridized carbons (Fsp3) is 0.0286. The van der Waals surface area contributed by atoms with Gasteiger partial charge in [0.15, 0.2) is 5.65 Å². The van der Waals surface area contributed by atoms with E-state index in [0.29, 0.717) is 12.1 Å². The van der Waals surface area contributed by atoms with E-state index in [-0.39, 0.29) is 5.43 Å². The van der Waals surface area contributed by atoms with Crippen LogP contribution in [-0.4, -0.2) is 9.38 Å². The number of rotatable bonds is 3. The number of hydrogen-bond acceptors (Lipinski definition) is 3. The Hall–Kier alpha value is -5.22. The third kappa shape index (κ3) is 3.39. The normalized spacial score (nSPS) is 11.8. The molecule has 3 heterocycles. The number of aromatic nitrogens is 2. The number of benzene rings is 5. The van der Waals surface area contributed by atoms with Crippen LogP contribution in [0.15, 0.2) is 131 Å². The second-order valence-electron chi connectivity index (χ2n) is 9.97. The standard InChI is InChI=1S/C35H22N2O2/c38-34-25(19-22-9-2-1-3-10-22)21-24-20-23(17-18-29(24)37-30-14-6-5-13-28(30)36-35(34)37)26-12-8-16-32-33(26)27-11-4-7-15-31(27)39-32/h1-18,20-21H,19H2. The molecule has 8 rings (SSSR count). The van der Waals surface area contributed by atoms with E-state index in [4.69, 9.17) is 9.40 Å². The van der Waals surface area contributed by atoms with E-state index in [2.05, 4.69) is 42.5 Å².